The number of carbonyl (C=O) groups excluding carboxylic acids is 2. The van der Waals surface area contributed by atoms with Crippen molar-refractivity contribution in [3.8, 4) is 11.5 Å². The number of aldehydes is 1. The van der Waals surface area contributed by atoms with Crippen molar-refractivity contribution in [1.29, 1.82) is 0 Å². The fraction of sp³-hybridized carbons (Fsp3) is 0.273. The third-order valence-electron chi connectivity index (χ3n) is 2.39. The fourth-order valence-electron chi connectivity index (χ4n) is 1.66. The number of esters is 1. The standard InChI is InChI=1S/C11H11NO5/c1-15-11(14)8-7(12)4-6(5-13)9-10(8)17-3-2-16-9/h4-5H,2-3,12H2,1H3. The molecule has 0 fully saturated rings. The molecule has 1 aromatic carbocycles. The van der Waals surface area contributed by atoms with E-state index in [-0.39, 0.29) is 28.3 Å². The Balaban J connectivity index is 2.67. The van der Waals surface area contributed by atoms with E-state index in [0.29, 0.717) is 19.5 Å². The topological polar surface area (TPSA) is 87.9 Å². The number of fused-ring (bicyclic) bond motifs is 1. The predicted octanol–water partition coefficient (Wildman–Crippen LogP) is 0.639. The molecular weight excluding hydrogens is 226 g/mol. The van der Waals surface area contributed by atoms with Crippen molar-refractivity contribution in [2.24, 2.45) is 0 Å². The molecule has 2 rings (SSSR count). The first-order valence-electron chi connectivity index (χ1n) is 4.94. The number of carbonyl (C=O) groups is 2. The first kappa shape index (κ1) is 11.3. The Morgan fingerprint density at radius 2 is 2.06 bits per heavy atom. The minimum absolute atomic E-state index is 0.0906. The van der Waals surface area contributed by atoms with Crippen molar-refractivity contribution < 1.29 is 23.8 Å². The number of nitrogen functional groups attached to an aromatic ring is 1. The number of benzene rings is 1. The quantitative estimate of drug-likeness (QED) is 0.461. The molecule has 1 aliphatic heterocycles. The van der Waals surface area contributed by atoms with Gasteiger partial charge in [0.25, 0.3) is 0 Å². The van der Waals surface area contributed by atoms with Crippen LogP contribution in [0.1, 0.15) is 20.7 Å². The zero-order valence-corrected chi connectivity index (χ0v) is 9.19. The van der Waals surface area contributed by atoms with E-state index in [1.165, 1.54) is 13.2 Å². The summed E-state index contributed by atoms with van der Waals surface area (Å²) in [6, 6.07) is 1.37. The Hall–Kier alpha value is -2.24. The second kappa shape index (κ2) is 4.32. The van der Waals surface area contributed by atoms with Gasteiger partial charge in [0.15, 0.2) is 17.8 Å². The van der Waals surface area contributed by atoms with E-state index in [1.807, 2.05) is 0 Å². The minimum atomic E-state index is -0.623. The molecule has 0 bridgehead atoms. The summed E-state index contributed by atoms with van der Waals surface area (Å²) in [4.78, 5) is 22.5. The minimum Gasteiger partial charge on any atom is -0.485 e. The monoisotopic (exact) mass is 237 g/mol. The second-order valence-electron chi connectivity index (χ2n) is 3.39. The highest BCUT2D eigenvalue weighted by molar-refractivity contribution is 6.01. The lowest BCUT2D eigenvalue weighted by Crippen LogP contribution is -2.20. The maximum absolute atomic E-state index is 11.6. The Morgan fingerprint density at radius 3 is 2.65 bits per heavy atom. The highest BCUT2D eigenvalue weighted by atomic mass is 16.6. The summed E-state index contributed by atoms with van der Waals surface area (Å²) in [5, 5.41) is 0. The number of rotatable bonds is 2. The van der Waals surface area contributed by atoms with Crippen LogP contribution in [0.2, 0.25) is 0 Å². The van der Waals surface area contributed by atoms with Crippen LogP contribution in [0, 0.1) is 0 Å². The molecule has 0 spiro atoms. The number of anilines is 1. The van der Waals surface area contributed by atoms with Gasteiger partial charge in [0.05, 0.1) is 18.4 Å². The van der Waals surface area contributed by atoms with Gasteiger partial charge in [0.2, 0.25) is 0 Å². The smallest absolute Gasteiger partial charge is 0.343 e. The molecule has 17 heavy (non-hydrogen) atoms. The molecule has 0 atom stereocenters. The zero-order chi connectivity index (χ0) is 12.4. The summed E-state index contributed by atoms with van der Waals surface area (Å²) < 4.78 is 15.3. The molecule has 0 saturated heterocycles. The van der Waals surface area contributed by atoms with E-state index in [4.69, 9.17) is 15.2 Å². The van der Waals surface area contributed by atoms with Gasteiger partial charge in [-0.15, -0.1) is 0 Å². The van der Waals surface area contributed by atoms with Crippen molar-refractivity contribution in [3.05, 3.63) is 17.2 Å². The van der Waals surface area contributed by atoms with E-state index >= 15 is 0 Å². The Kier molecular flexibility index (Phi) is 2.86. The van der Waals surface area contributed by atoms with Crippen LogP contribution in [0.25, 0.3) is 0 Å². The largest absolute Gasteiger partial charge is 0.485 e. The van der Waals surface area contributed by atoms with E-state index < -0.39 is 5.97 Å². The molecule has 0 amide bonds. The molecule has 0 unspecified atom stereocenters. The van der Waals surface area contributed by atoms with E-state index in [0.717, 1.165) is 0 Å². The van der Waals surface area contributed by atoms with Crippen LogP contribution >= 0.6 is 0 Å². The van der Waals surface area contributed by atoms with Gasteiger partial charge in [-0.2, -0.15) is 0 Å². The van der Waals surface area contributed by atoms with Crippen molar-refractivity contribution in [2.45, 2.75) is 0 Å². The average molecular weight is 237 g/mol. The third-order valence-corrected chi connectivity index (χ3v) is 2.39. The molecule has 6 nitrogen and oxygen atoms in total. The van der Waals surface area contributed by atoms with E-state index in [9.17, 15) is 9.59 Å². The summed E-state index contributed by atoms with van der Waals surface area (Å²) in [6.45, 7) is 0.608. The SMILES string of the molecule is COC(=O)c1c(N)cc(C=O)c2c1OCCO2. The molecule has 90 valence electrons. The third kappa shape index (κ3) is 1.77. The Morgan fingerprint density at radius 1 is 1.41 bits per heavy atom. The molecule has 1 heterocycles. The summed E-state index contributed by atoms with van der Waals surface area (Å²) in [6.07, 6.45) is 0.602. The van der Waals surface area contributed by atoms with Gasteiger partial charge >= 0.3 is 5.97 Å². The number of hydrogen-bond donors (Lipinski definition) is 1. The summed E-state index contributed by atoms with van der Waals surface area (Å²) in [5.74, 6) is -0.215. The van der Waals surface area contributed by atoms with E-state index in [2.05, 4.69) is 4.74 Å². The van der Waals surface area contributed by atoms with Crippen molar-refractivity contribution >= 4 is 17.9 Å². The van der Waals surface area contributed by atoms with Crippen LogP contribution < -0.4 is 15.2 Å². The number of nitrogens with two attached hydrogens (primary N) is 1. The maximum atomic E-state index is 11.6. The van der Waals surface area contributed by atoms with Crippen LogP contribution in [0.3, 0.4) is 0 Å². The van der Waals surface area contributed by atoms with Gasteiger partial charge in [0, 0.05) is 0 Å². The number of ether oxygens (including phenoxy) is 3. The highest BCUT2D eigenvalue weighted by Gasteiger charge is 2.27. The normalized spacial score (nSPS) is 13.0. The number of hydrogen-bond acceptors (Lipinski definition) is 6. The van der Waals surface area contributed by atoms with Crippen molar-refractivity contribution in [2.75, 3.05) is 26.1 Å². The fourth-order valence-corrected chi connectivity index (χ4v) is 1.66. The molecule has 0 aliphatic carbocycles. The van der Waals surface area contributed by atoms with Gasteiger partial charge in [-0.25, -0.2) is 4.79 Å². The molecular formula is C11H11NO5. The van der Waals surface area contributed by atoms with Crippen molar-refractivity contribution in [1.82, 2.24) is 0 Å². The van der Waals surface area contributed by atoms with Gasteiger partial charge < -0.3 is 19.9 Å². The Bertz CT molecular complexity index is 483. The molecule has 6 heteroatoms. The maximum Gasteiger partial charge on any atom is 0.343 e. The van der Waals surface area contributed by atoms with Crippen LogP contribution in [-0.2, 0) is 4.74 Å². The summed E-state index contributed by atoms with van der Waals surface area (Å²) in [5.41, 5.74) is 6.18. The van der Waals surface area contributed by atoms with Crippen LogP contribution in [0.5, 0.6) is 11.5 Å². The van der Waals surface area contributed by atoms with Gasteiger partial charge in [-0.05, 0) is 6.07 Å². The Labute approximate surface area is 97.3 Å². The lowest BCUT2D eigenvalue weighted by atomic mass is 10.1. The van der Waals surface area contributed by atoms with Gasteiger partial charge in [-0.1, -0.05) is 0 Å². The number of methoxy groups -OCH3 is 1. The lowest BCUT2D eigenvalue weighted by molar-refractivity contribution is 0.0591. The molecule has 0 aromatic heterocycles. The molecule has 1 aliphatic rings. The van der Waals surface area contributed by atoms with Gasteiger partial charge in [0.1, 0.15) is 18.8 Å². The molecule has 0 saturated carbocycles. The molecule has 2 N–H and O–H groups in total. The highest BCUT2D eigenvalue weighted by Crippen LogP contribution is 2.40. The lowest BCUT2D eigenvalue weighted by Gasteiger charge is -2.22. The summed E-state index contributed by atoms with van der Waals surface area (Å²) in [7, 11) is 1.24. The summed E-state index contributed by atoms with van der Waals surface area (Å²) >= 11 is 0. The van der Waals surface area contributed by atoms with Crippen molar-refractivity contribution in [3.63, 3.8) is 0 Å². The van der Waals surface area contributed by atoms with Crippen LogP contribution in [0.4, 0.5) is 5.69 Å². The molecule has 0 radical (unpaired) electrons. The second-order valence-corrected chi connectivity index (χ2v) is 3.39. The van der Waals surface area contributed by atoms with Crippen LogP contribution in [0.15, 0.2) is 6.07 Å². The van der Waals surface area contributed by atoms with Crippen LogP contribution in [-0.4, -0.2) is 32.6 Å². The van der Waals surface area contributed by atoms with Gasteiger partial charge in [-0.3, -0.25) is 4.79 Å². The predicted molar refractivity (Wildman–Crippen MR) is 58.6 cm³/mol. The zero-order valence-electron chi connectivity index (χ0n) is 9.19. The van der Waals surface area contributed by atoms with E-state index in [1.54, 1.807) is 0 Å². The first-order valence-corrected chi connectivity index (χ1v) is 4.94. The average Bonchev–Trinajstić information content (AvgIpc) is 2.37. The molecule has 1 aromatic rings. The first-order chi connectivity index (χ1) is 8.19.